The average Bonchev–Trinajstić information content (AvgIpc) is 2.75. The zero-order chi connectivity index (χ0) is 19.3. The van der Waals surface area contributed by atoms with E-state index in [1.54, 1.807) is 36.5 Å². The molecule has 1 fully saturated rings. The number of para-hydroxylation sites is 1. The zero-order valence-electron chi connectivity index (χ0n) is 15.1. The summed E-state index contributed by atoms with van der Waals surface area (Å²) in [5.74, 6) is 0.847. The van der Waals surface area contributed by atoms with Crippen LogP contribution in [-0.2, 0) is 0 Å². The van der Waals surface area contributed by atoms with Crippen LogP contribution in [0, 0.1) is 17.1 Å². The number of nitrogens with zero attached hydrogens (tertiary/aromatic N) is 6. The Morgan fingerprint density at radius 2 is 1.68 bits per heavy atom. The summed E-state index contributed by atoms with van der Waals surface area (Å²) in [5.41, 5.74) is 2.17. The van der Waals surface area contributed by atoms with Crippen LogP contribution in [-0.4, -0.2) is 41.4 Å². The van der Waals surface area contributed by atoms with E-state index in [1.165, 1.54) is 12.1 Å². The van der Waals surface area contributed by atoms with E-state index in [4.69, 9.17) is 0 Å². The number of rotatable bonds is 4. The Kier molecular flexibility index (Phi) is 4.97. The van der Waals surface area contributed by atoms with Crippen LogP contribution in [0.15, 0.2) is 54.7 Å². The van der Waals surface area contributed by atoms with Crippen molar-refractivity contribution in [3.63, 3.8) is 0 Å². The maximum absolute atomic E-state index is 13.1. The molecule has 0 unspecified atom stereocenters. The van der Waals surface area contributed by atoms with Crippen LogP contribution in [0.4, 0.5) is 27.5 Å². The van der Waals surface area contributed by atoms with Gasteiger partial charge in [0.15, 0.2) is 5.82 Å². The molecular weight excluding hydrogens is 357 g/mol. The van der Waals surface area contributed by atoms with Crippen molar-refractivity contribution in [2.45, 2.75) is 0 Å². The summed E-state index contributed by atoms with van der Waals surface area (Å²) >= 11 is 0. The molecule has 0 radical (unpaired) electrons. The van der Waals surface area contributed by atoms with E-state index in [1.807, 2.05) is 6.07 Å². The van der Waals surface area contributed by atoms with Crippen molar-refractivity contribution < 1.29 is 4.39 Å². The highest BCUT2D eigenvalue weighted by atomic mass is 19.1. The molecule has 1 N–H and O–H groups in total. The highest BCUT2D eigenvalue weighted by molar-refractivity contribution is 5.63. The third kappa shape index (κ3) is 3.83. The minimum Gasteiger partial charge on any atom is -0.368 e. The van der Waals surface area contributed by atoms with Gasteiger partial charge in [0, 0.05) is 31.9 Å². The minimum atomic E-state index is -0.229. The Bertz CT molecular complexity index is 992. The first-order chi connectivity index (χ1) is 13.7. The van der Waals surface area contributed by atoms with Gasteiger partial charge in [0.2, 0.25) is 5.95 Å². The van der Waals surface area contributed by atoms with Crippen molar-refractivity contribution >= 4 is 23.1 Å². The van der Waals surface area contributed by atoms with Gasteiger partial charge in [0.25, 0.3) is 0 Å². The smallest absolute Gasteiger partial charge is 0.249 e. The van der Waals surface area contributed by atoms with Crippen molar-refractivity contribution in [3.05, 3.63) is 66.1 Å². The molecule has 2 heterocycles. The van der Waals surface area contributed by atoms with Crippen molar-refractivity contribution in [1.82, 2.24) is 15.2 Å². The van der Waals surface area contributed by atoms with Crippen molar-refractivity contribution in [3.8, 4) is 6.07 Å². The number of anilines is 4. The fraction of sp³-hybridized carbons (Fsp3) is 0.200. The lowest BCUT2D eigenvalue weighted by atomic mass is 10.2. The van der Waals surface area contributed by atoms with Crippen molar-refractivity contribution in [2.75, 3.05) is 41.3 Å². The van der Waals surface area contributed by atoms with Gasteiger partial charge in [-0.25, -0.2) is 4.39 Å². The Labute approximate surface area is 162 Å². The van der Waals surface area contributed by atoms with Gasteiger partial charge in [0.05, 0.1) is 17.4 Å². The van der Waals surface area contributed by atoms with E-state index in [2.05, 4.69) is 36.4 Å². The number of hydrogen-bond donors (Lipinski definition) is 1. The molecule has 4 rings (SSSR count). The van der Waals surface area contributed by atoms with E-state index in [9.17, 15) is 9.65 Å². The van der Waals surface area contributed by atoms with Crippen LogP contribution in [0.1, 0.15) is 5.56 Å². The lowest BCUT2D eigenvalue weighted by molar-refractivity contribution is 0.624. The molecule has 1 aliphatic heterocycles. The SMILES string of the molecule is N#Cc1ccccc1Nc1nncc(N2CCN(c3ccc(F)cc3)CC2)n1. The van der Waals surface area contributed by atoms with Gasteiger partial charge < -0.3 is 15.1 Å². The Morgan fingerprint density at radius 3 is 2.43 bits per heavy atom. The molecule has 2 aromatic carbocycles. The molecule has 1 saturated heterocycles. The first kappa shape index (κ1) is 17.7. The van der Waals surface area contributed by atoms with Crippen LogP contribution >= 0.6 is 0 Å². The molecule has 140 valence electrons. The first-order valence-electron chi connectivity index (χ1n) is 8.94. The van der Waals surface area contributed by atoms with Crippen LogP contribution < -0.4 is 15.1 Å². The summed E-state index contributed by atoms with van der Waals surface area (Å²) in [7, 11) is 0. The maximum Gasteiger partial charge on any atom is 0.249 e. The first-order valence-corrected chi connectivity index (χ1v) is 8.94. The number of nitrogens with one attached hydrogen (secondary N) is 1. The molecule has 0 amide bonds. The van der Waals surface area contributed by atoms with E-state index in [0.29, 0.717) is 17.2 Å². The number of benzene rings is 2. The molecule has 8 heteroatoms. The predicted octanol–water partition coefficient (Wildman–Crippen LogP) is 2.95. The van der Waals surface area contributed by atoms with Gasteiger partial charge in [-0.2, -0.15) is 15.3 Å². The molecule has 3 aromatic rings. The second-order valence-corrected chi connectivity index (χ2v) is 6.37. The van der Waals surface area contributed by atoms with Crippen molar-refractivity contribution in [1.29, 1.82) is 5.26 Å². The number of aromatic nitrogens is 3. The molecule has 0 atom stereocenters. The third-order valence-corrected chi connectivity index (χ3v) is 4.64. The summed E-state index contributed by atoms with van der Waals surface area (Å²) in [6.45, 7) is 3.14. The van der Waals surface area contributed by atoms with Gasteiger partial charge in [0.1, 0.15) is 11.9 Å². The van der Waals surface area contributed by atoms with Gasteiger partial charge >= 0.3 is 0 Å². The lowest BCUT2D eigenvalue weighted by Crippen LogP contribution is -2.46. The highest BCUT2D eigenvalue weighted by Gasteiger charge is 2.19. The highest BCUT2D eigenvalue weighted by Crippen LogP contribution is 2.21. The van der Waals surface area contributed by atoms with Gasteiger partial charge in [-0.1, -0.05) is 12.1 Å². The Balaban J connectivity index is 1.44. The zero-order valence-corrected chi connectivity index (χ0v) is 15.1. The topological polar surface area (TPSA) is 81.0 Å². The van der Waals surface area contributed by atoms with E-state index < -0.39 is 0 Å². The van der Waals surface area contributed by atoms with E-state index in [0.717, 1.165) is 37.7 Å². The third-order valence-electron chi connectivity index (χ3n) is 4.64. The van der Waals surface area contributed by atoms with Crippen LogP contribution in [0.2, 0.25) is 0 Å². The van der Waals surface area contributed by atoms with Gasteiger partial charge in [-0.3, -0.25) is 0 Å². The molecule has 0 spiro atoms. The Hall–Kier alpha value is -3.73. The quantitative estimate of drug-likeness (QED) is 0.751. The molecule has 28 heavy (non-hydrogen) atoms. The fourth-order valence-electron chi connectivity index (χ4n) is 3.16. The largest absolute Gasteiger partial charge is 0.368 e. The van der Waals surface area contributed by atoms with Crippen LogP contribution in [0.5, 0.6) is 0 Å². The second kappa shape index (κ2) is 7.88. The molecule has 1 aromatic heterocycles. The van der Waals surface area contributed by atoms with E-state index in [-0.39, 0.29) is 5.82 Å². The Morgan fingerprint density at radius 1 is 0.964 bits per heavy atom. The van der Waals surface area contributed by atoms with Crippen molar-refractivity contribution in [2.24, 2.45) is 0 Å². The molecule has 0 bridgehead atoms. The summed E-state index contributed by atoms with van der Waals surface area (Å²) in [5, 5.41) is 20.3. The average molecular weight is 375 g/mol. The fourth-order valence-corrected chi connectivity index (χ4v) is 3.16. The standard InChI is InChI=1S/C20H18FN7/c21-16-5-7-17(8-6-16)27-9-11-28(12-10-27)19-14-23-26-20(25-19)24-18-4-2-1-3-15(18)13-22/h1-8,14H,9-12H2,(H,24,25,26). The molecule has 0 aliphatic carbocycles. The van der Waals surface area contributed by atoms with E-state index >= 15 is 0 Å². The number of nitriles is 1. The number of halogens is 1. The number of piperazine rings is 1. The number of hydrogen-bond acceptors (Lipinski definition) is 7. The summed E-state index contributed by atoms with van der Waals surface area (Å²) in [6.07, 6.45) is 1.63. The summed E-state index contributed by atoms with van der Waals surface area (Å²) in [4.78, 5) is 8.89. The lowest BCUT2D eigenvalue weighted by Gasteiger charge is -2.36. The monoisotopic (exact) mass is 375 g/mol. The second-order valence-electron chi connectivity index (χ2n) is 6.37. The molecular formula is C20H18FN7. The maximum atomic E-state index is 13.1. The predicted molar refractivity (Wildman–Crippen MR) is 105 cm³/mol. The van der Waals surface area contributed by atoms with Crippen LogP contribution in [0.3, 0.4) is 0 Å². The molecule has 7 nitrogen and oxygen atoms in total. The van der Waals surface area contributed by atoms with Gasteiger partial charge in [-0.15, -0.1) is 5.10 Å². The minimum absolute atomic E-state index is 0.229. The normalized spacial score (nSPS) is 13.9. The van der Waals surface area contributed by atoms with Crippen LogP contribution in [0.25, 0.3) is 0 Å². The molecule has 1 aliphatic rings. The van der Waals surface area contributed by atoms with Gasteiger partial charge in [-0.05, 0) is 36.4 Å². The summed E-state index contributed by atoms with van der Waals surface area (Å²) < 4.78 is 13.1. The molecule has 0 saturated carbocycles. The summed E-state index contributed by atoms with van der Waals surface area (Å²) in [6, 6.07) is 15.9.